The molecule has 0 bridgehead atoms. The summed E-state index contributed by atoms with van der Waals surface area (Å²) in [6.07, 6.45) is 0.462. The molecular weight excluding hydrogens is 298 g/mol. The van der Waals surface area contributed by atoms with Crippen molar-refractivity contribution in [3.8, 4) is 0 Å². The van der Waals surface area contributed by atoms with Crippen LogP contribution in [0.1, 0.15) is 18.9 Å². The fourth-order valence-electron chi connectivity index (χ4n) is 2.38. The minimum atomic E-state index is -0.966. The van der Waals surface area contributed by atoms with Gasteiger partial charge in [0.2, 0.25) is 5.91 Å². The molecule has 1 heterocycles. The van der Waals surface area contributed by atoms with E-state index in [1.165, 1.54) is 6.92 Å². The summed E-state index contributed by atoms with van der Waals surface area (Å²) in [5.41, 5.74) is -0.214. The number of carbonyl (C=O) groups is 2. The standard InChI is InChI=1S/C13H14BrNO3/c1-9(16)15-7-6-13(8-15,12(17)18)10-2-4-11(14)5-3-10/h2-5H,6-8H2,1H3,(H,17,18). The van der Waals surface area contributed by atoms with E-state index >= 15 is 0 Å². The minimum Gasteiger partial charge on any atom is -0.481 e. The highest BCUT2D eigenvalue weighted by Crippen LogP contribution is 2.35. The fourth-order valence-corrected chi connectivity index (χ4v) is 2.65. The zero-order chi connectivity index (χ0) is 13.3. The lowest BCUT2D eigenvalue weighted by Crippen LogP contribution is -2.39. The number of rotatable bonds is 2. The highest BCUT2D eigenvalue weighted by atomic mass is 79.9. The molecule has 1 fully saturated rings. The smallest absolute Gasteiger partial charge is 0.316 e. The van der Waals surface area contributed by atoms with E-state index in [1.54, 1.807) is 4.90 Å². The van der Waals surface area contributed by atoms with Crippen LogP contribution in [0.3, 0.4) is 0 Å². The van der Waals surface area contributed by atoms with E-state index in [-0.39, 0.29) is 12.5 Å². The summed E-state index contributed by atoms with van der Waals surface area (Å²) in [6, 6.07) is 7.27. The quantitative estimate of drug-likeness (QED) is 0.909. The molecule has 1 aliphatic heterocycles. The molecule has 4 nitrogen and oxygen atoms in total. The van der Waals surface area contributed by atoms with Crippen LogP contribution in [-0.2, 0) is 15.0 Å². The minimum absolute atomic E-state index is 0.0739. The second-order valence-corrected chi connectivity index (χ2v) is 5.50. The molecule has 96 valence electrons. The van der Waals surface area contributed by atoms with Crippen LogP contribution in [0.25, 0.3) is 0 Å². The molecule has 2 rings (SSSR count). The van der Waals surface area contributed by atoms with Gasteiger partial charge in [-0.2, -0.15) is 0 Å². The van der Waals surface area contributed by atoms with Gasteiger partial charge in [-0.25, -0.2) is 0 Å². The predicted molar refractivity (Wildman–Crippen MR) is 70.3 cm³/mol. The van der Waals surface area contributed by atoms with Crippen molar-refractivity contribution < 1.29 is 14.7 Å². The van der Waals surface area contributed by atoms with Crippen molar-refractivity contribution in [1.82, 2.24) is 4.90 Å². The van der Waals surface area contributed by atoms with Crippen molar-refractivity contribution >= 4 is 27.8 Å². The summed E-state index contributed by atoms with van der Waals surface area (Å²) in [7, 11) is 0. The Bertz CT molecular complexity index is 486. The third-order valence-corrected chi connectivity index (χ3v) is 4.05. The number of hydrogen-bond donors (Lipinski definition) is 1. The number of hydrogen-bond acceptors (Lipinski definition) is 2. The third-order valence-electron chi connectivity index (χ3n) is 3.52. The Morgan fingerprint density at radius 3 is 2.39 bits per heavy atom. The molecule has 1 atom stereocenters. The number of carboxylic acids is 1. The Labute approximate surface area is 114 Å². The molecule has 0 aliphatic carbocycles. The zero-order valence-corrected chi connectivity index (χ0v) is 11.6. The molecule has 0 spiro atoms. The average molecular weight is 312 g/mol. The Hall–Kier alpha value is -1.36. The highest BCUT2D eigenvalue weighted by Gasteiger charge is 2.47. The summed E-state index contributed by atoms with van der Waals surface area (Å²) in [4.78, 5) is 24.6. The van der Waals surface area contributed by atoms with Crippen LogP contribution >= 0.6 is 15.9 Å². The van der Waals surface area contributed by atoms with E-state index in [0.717, 1.165) is 10.0 Å². The third kappa shape index (κ3) is 2.14. The highest BCUT2D eigenvalue weighted by molar-refractivity contribution is 9.10. The van der Waals surface area contributed by atoms with Crippen molar-refractivity contribution in [2.75, 3.05) is 13.1 Å². The van der Waals surface area contributed by atoms with Crippen molar-refractivity contribution in [1.29, 1.82) is 0 Å². The van der Waals surface area contributed by atoms with E-state index in [0.29, 0.717) is 13.0 Å². The molecule has 0 saturated carbocycles. The van der Waals surface area contributed by atoms with Crippen LogP contribution in [0.15, 0.2) is 28.7 Å². The first-order valence-electron chi connectivity index (χ1n) is 5.71. The first-order chi connectivity index (χ1) is 8.45. The van der Waals surface area contributed by atoms with E-state index in [1.807, 2.05) is 24.3 Å². The number of benzene rings is 1. The maximum atomic E-state index is 11.6. The van der Waals surface area contributed by atoms with Gasteiger partial charge in [-0.15, -0.1) is 0 Å². The molecule has 0 radical (unpaired) electrons. The number of likely N-dealkylation sites (tertiary alicyclic amines) is 1. The Kier molecular flexibility index (Phi) is 3.43. The predicted octanol–water partition coefficient (Wildman–Crippen LogP) is 2.02. The van der Waals surface area contributed by atoms with Gasteiger partial charge >= 0.3 is 5.97 Å². The van der Waals surface area contributed by atoms with E-state index in [4.69, 9.17) is 0 Å². The van der Waals surface area contributed by atoms with Gasteiger partial charge in [-0.1, -0.05) is 28.1 Å². The van der Waals surface area contributed by atoms with Gasteiger partial charge in [0.15, 0.2) is 0 Å². The number of nitrogens with zero attached hydrogens (tertiary/aromatic N) is 1. The number of aliphatic carboxylic acids is 1. The number of amides is 1. The van der Waals surface area contributed by atoms with Crippen LogP contribution in [0, 0.1) is 0 Å². The largest absolute Gasteiger partial charge is 0.481 e. The van der Waals surface area contributed by atoms with Gasteiger partial charge in [0.05, 0.1) is 0 Å². The summed E-state index contributed by atoms with van der Waals surface area (Å²) < 4.78 is 0.910. The van der Waals surface area contributed by atoms with Crippen LogP contribution in [0.4, 0.5) is 0 Å². The van der Waals surface area contributed by atoms with Gasteiger partial charge in [-0.05, 0) is 24.1 Å². The number of halogens is 1. The number of carboxylic acid groups (broad SMARTS) is 1. The lowest BCUT2D eigenvalue weighted by Gasteiger charge is -2.25. The topological polar surface area (TPSA) is 57.6 Å². The number of carbonyl (C=O) groups excluding carboxylic acids is 1. The molecule has 1 aliphatic rings. The normalized spacial score (nSPS) is 23.1. The Balaban J connectivity index is 2.38. The van der Waals surface area contributed by atoms with Gasteiger partial charge in [0, 0.05) is 24.5 Å². The average Bonchev–Trinajstić information content (AvgIpc) is 2.76. The van der Waals surface area contributed by atoms with Crippen molar-refractivity contribution in [3.63, 3.8) is 0 Å². The van der Waals surface area contributed by atoms with Gasteiger partial charge in [0.25, 0.3) is 0 Å². The maximum absolute atomic E-state index is 11.6. The fraction of sp³-hybridized carbons (Fsp3) is 0.385. The summed E-state index contributed by atoms with van der Waals surface area (Å²) in [5, 5.41) is 9.54. The second kappa shape index (κ2) is 4.72. The van der Waals surface area contributed by atoms with Crippen LogP contribution in [0.5, 0.6) is 0 Å². The molecule has 5 heteroatoms. The Morgan fingerprint density at radius 1 is 1.33 bits per heavy atom. The van der Waals surface area contributed by atoms with Gasteiger partial charge in [-0.3, -0.25) is 9.59 Å². The van der Waals surface area contributed by atoms with Crippen molar-refractivity contribution in [2.45, 2.75) is 18.8 Å². The molecule has 1 aromatic carbocycles. The molecule has 1 N–H and O–H groups in total. The van der Waals surface area contributed by atoms with E-state index in [2.05, 4.69) is 15.9 Å². The van der Waals surface area contributed by atoms with Gasteiger partial charge < -0.3 is 10.0 Å². The van der Waals surface area contributed by atoms with Crippen LogP contribution < -0.4 is 0 Å². The molecule has 1 unspecified atom stereocenters. The van der Waals surface area contributed by atoms with Gasteiger partial charge in [0.1, 0.15) is 5.41 Å². The lowest BCUT2D eigenvalue weighted by molar-refractivity contribution is -0.143. The zero-order valence-electron chi connectivity index (χ0n) is 10.0. The monoisotopic (exact) mass is 311 g/mol. The second-order valence-electron chi connectivity index (χ2n) is 4.58. The Morgan fingerprint density at radius 2 is 1.94 bits per heavy atom. The summed E-state index contributed by atoms with van der Waals surface area (Å²) in [5.74, 6) is -0.941. The summed E-state index contributed by atoms with van der Waals surface area (Å²) >= 11 is 3.33. The maximum Gasteiger partial charge on any atom is 0.316 e. The van der Waals surface area contributed by atoms with E-state index in [9.17, 15) is 14.7 Å². The molecule has 0 aromatic heterocycles. The van der Waals surface area contributed by atoms with Crippen LogP contribution in [0.2, 0.25) is 0 Å². The SMILES string of the molecule is CC(=O)N1CCC(C(=O)O)(c2ccc(Br)cc2)C1. The van der Waals surface area contributed by atoms with E-state index < -0.39 is 11.4 Å². The van der Waals surface area contributed by atoms with Crippen LogP contribution in [-0.4, -0.2) is 35.0 Å². The molecule has 18 heavy (non-hydrogen) atoms. The first-order valence-corrected chi connectivity index (χ1v) is 6.50. The van der Waals surface area contributed by atoms with Crippen molar-refractivity contribution in [3.05, 3.63) is 34.3 Å². The molecule has 1 amide bonds. The summed E-state index contributed by atoms with van der Waals surface area (Å²) in [6.45, 7) is 2.22. The van der Waals surface area contributed by atoms with Crippen molar-refractivity contribution in [2.24, 2.45) is 0 Å². The lowest BCUT2D eigenvalue weighted by atomic mass is 9.80. The molecular formula is C13H14BrNO3. The first kappa shape index (κ1) is 13.1. The molecule has 1 saturated heterocycles. The molecule has 1 aromatic rings.